The molecule has 0 fully saturated rings. The van der Waals surface area contributed by atoms with Gasteiger partial charge in [-0.3, -0.25) is 14.9 Å². The first-order chi connectivity index (χ1) is 8.02. The lowest BCUT2D eigenvalue weighted by atomic mass is 10.2. The van der Waals surface area contributed by atoms with Gasteiger partial charge in [-0.15, -0.1) is 11.6 Å². The third-order valence-electron chi connectivity index (χ3n) is 1.79. The summed E-state index contributed by atoms with van der Waals surface area (Å²) in [5.41, 5.74) is 5.56. The Balaban J connectivity index is 2.70. The van der Waals surface area contributed by atoms with Gasteiger partial charge in [-0.25, -0.2) is 4.79 Å². The van der Waals surface area contributed by atoms with E-state index in [0.717, 1.165) is 0 Å². The Morgan fingerprint density at radius 2 is 1.76 bits per heavy atom. The molecule has 0 atom stereocenters. The molecule has 1 aromatic rings. The molecule has 0 saturated heterocycles. The summed E-state index contributed by atoms with van der Waals surface area (Å²) in [4.78, 5) is 32.7. The molecular weight excluding hydrogens is 246 g/mol. The number of benzene rings is 1. The molecule has 0 heterocycles. The Labute approximate surface area is 102 Å². The number of alkyl halides is 1. The molecule has 1 aromatic carbocycles. The van der Waals surface area contributed by atoms with E-state index in [1.54, 1.807) is 0 Å². The van der Waals surface area contributed by atoms with Crippen molar-refractivity contribution in [2.45, 2.75) is 0 Å². The summed E-state index contributed by atoms with van der Waals surface area (Å²) in [7, 11) is 0. The Kier molecular flexibility index (Phi) is 4.47. The Morgan fingerprint density at radius 1 is 1.18 bits per heavy atom. The van der Waals surface area contributed by atoms with Gasteiger partial charge in [0.1, 0.15) is 5.88 Å². The highest BCUT2D eigenvalue weighted by Gasteiger charge is 2.07. The topological polar surface area (TPSA) is 101 Å². The van der Waals surface area contributed by atoms with Crippen molar-refractivity contribution in [3.05, 3.63) is 29.8 Å². The molecule has 0 bridgehead atoms. The summed E-state index contributed by atoms with van der Waals surface area (Å²) >= 11 is 5.31. The van der Waals surface area contributed by atoms with E-state index >= 15 is 0 Å². The molecule has 90 valence electrons. The smallest absolute Gasteiger partial charge is 0.319 e. The fourth-order valence-corrected chi connectivity index (χ4v) is 1.15. The maximum atomic E-state index is 11.3. The van der Waals surface area contributed by atoms with Crippen molar-refractivity contribution in [3.8, 4) is 0 Å². The molecule has 0 aliphatic carbocycles. The summed E-state index contributed by atoms with van der Waals surface area (Å²) < 4.78 is 0. The first-order valence-electron chi connectivity index (χ1n) is 4.59. The van der Waals surface area contributed by atoms with Crippen molar-refractivity contribution in [1.29, 1.82) is 0 Å². The van der Waals surface area contributed by atoms with Gasteiger partial charge >= 0.3 is 6.03 Å². The van der Waals surface area contributed by atoms with E-state index in [1.807, 2.05) is 5.32 Å². The van der Waals surface area contributed by atoms with E-state index in [2.05, 4.69) is 5.32 Å². The number of hydrogen-bond acceptors (Lipinski definition) is 3. The summed E-state index contributed by atoms with van der Waals surface area (Å²) in [6.45, 7) is 0. The minimum Gasteiger partial charge on any atom is -0.351 e. The largest absolute Gasteiger partial charge is 0.351 e. The molecule has 0 aliphatic heterocycles. The molecule has 0 saturated carbocycles. The molecule has 17 heavy (non-hydrogen) atoms. The van der Waals surface area contributed by atoms with E-state index in [-0.39, 0.29) is 17.4 Å². The molecular formula is C10H10ClN3O3. The van der Waals surface area contributed by atoms with Crippen molar-refractivity contribution in [3.63, 3.8) is 0 Å². The second-order valence-corrected chi connectivity index (χ2v) is 3.34. The van der Waals surface area contributed by atoms with Crippen LogP contribution in [0.4, 0.5) is 10.5 Å². The monoisotopic (exact) mass is 255 g/mol. The molecule has 0 aliphatic rings. The number of hydrogen-bond donors (Lipinski definition) is 3. The van der Waals surface area contributed by atoms with Crippen LogP contribution in [0.3, 0.4) is 0 Å². The number of carbonyl (C=O) groups is 3. The van der Waals surface area contributed by atoms with E-state index in [9.17, 15) is 14.4 Å². The van der Waals surface area contributed by atoms with Crippen LogP contribution < -0.4 is 16.4 Å². The zero-order valence-corrected chi connectivity index (χ0v) is 9.45. The van der Waals surface area contributed by atoms with E-state index < -0.39 is 11.9 Å². The first-order valence-corrected chi connectivity index (χ1v) is 5.13. The second-order valence-electron chi connectivity index (χ2n) is 3.08. The second kappa shape index (κ2) is 5.86. The maximum absolute atomic E-state index is 11.3. The third-order valence-corrected chi connectivity index (χ3v) is 2.03. The average Bonchev–Trinajstić information content (AvgIpc) is 2.28. The van der Waals surface area contributed by atoms with Gasteiger partial charge in [0.15, 0.2) is 0 Å². The number of urea groups is 1. The van der Waals surface area contributed by atoms with Crippen molar-refractivity contribution in [2.75, 3.05) is 11.2 Å². The van der Waals surface area contributed by atoms with Crippen LogP contribution in [0.1, 0.15) is 10.4 Å². The zero-order chi connectivity index (χ0) is 12.8. The summed E-state index contributed by atoms with van der Waals surface area (Å²) in [6.07, 6.45) is 0. The van der Waals surface area contributed by atoms with Gasteiger partial charge in [0.05, 0.1) is 0 Å². The van der Waals surface area contributed by atoms with Crippen LogP contribution >= 0.6 is 11.6 Å². The van der Waals surface area contributed by atoms with Crippen molar-refractivity contribution >= 4 is 35.1 Å². The molecule has 4 amide bonds. The number of anilines is 1. The number of nitrogens with one attached hydrogen (secondary N) is 2. The lowest BCUT2D eigenvalue weighted by molar-refractivity contribution is -0.113. The fraction of sp³-hybridized carbons (Fsp3) is 0.100. The van der Waals surface area contributed by atoms with E-state index in [0.29, 0.717) is 5.69 Å². The van der Waals surface area contributed by atoms with Crippen LogP contribution in [-0.4, -0.2) is 23.7 Å². The molecule has 4 N–H and O–H groups in total. The molecule has 0 radical (unpaired) electrons. The average molecular weight is 256 g/mol. The van der Waals surface area contributed by atoms with Crippen molar-refractivity contribution in [2.24, 2.45) is 5.73 Å². The maximum Gasteiger partial charge on any atom is 0.319 e. The van der Waals surface area contributed by atoms with Crippen LogP contribution in [-0.2, 0) is 4.79 Å². The molecule has 0 spiro atoms. The Morgan fingerprint density at radius 3 is 2.24 bits per heavy atom. The molecule has 1 rings (SSSR count). The predicted molar refractivity (Wildman–Crippen MR) is 62.8 cm³/mol. The van der Waals surface area contributed by atoms with Gasteiger partial charge in [0, 0.05) is 11.3 Å². The summed E-state index contributed by atoms with van der Waals surface area (Å²) in [5, 5.41) is 4.43. The quantitative estimate of drug-likeness (QED) is 0.692. The molecule has 7 heteroatoms. The van der Waals surface area contributed by atoms with Gasteiger partial charge in [-0.1, -0.05) is 0 Å². The number of rotatable bonds is 3. The molecule has 6 nitrogen and oxygen atoms in total. The number of carbonyl (C=O) groups excluding carboxylic acids is 3. The Hall–Kier alpha value is -2.08. The van der Waals surface area contributed by atoms with Gasteiger partial charge in [0.2, 0.25) is 5.91 Å². The Bertz CT molecular complexity index is 445. The highest BCUT2D eigenvalue weighted by molar-refractivity contribution is 6.29. The number of nitrogens with two attached hydrogens (primary N) is 1. The first kappa shape index (κ1) is 13.0. The van der Waals surface area contributed by atoms with Crippen LogP contribution in [0, 0.1) is 0 Å². The van der Waals surface area contributed by atoms with Gasteiger partial charge in [0.25, 0.3) is 5.91 Å². The van der Waals surface area contributed by atoms with Gasteiger partial charge < -0.3 is 11.1 Å². The van der Waals surface area contributed by atoms with Crippen molar-refractivity contribution < 1.29 is 14.4 Å². The summed E-state index contributed by atoms with van der Waals surface area (Å²) in [6, 6.07) is 5.00. The number of amides is 4. The third kappa shape index (κ3) is 4.12. The fourth-order valence-electron chi connectivity index (χ4n) is 1.08. The number of primary amides is 1. The minimum absolute atomic E-state index is 0.149. The van der Waals surface area contributed by atoms with Crippen molar-refractivity contribution in [1.82, 2.24) is 5.32 Å². The number of imide groups is 1. The normalized spacial score (nSPS) is 9.47. The highest BCUT2D eigenvalue weighted by atomic mass is 35.5. The van der Waals surface area contributed by atoms with E-state index in [4.69, 9.17) is 17.3 Å². The van der Waals surface area contributed by atoms with Crippen LogP contribution in [0.5, 0.6) is 0 Å². The van der Waals surface area contributed by atoms with Gasteiger partial charge in [-0.05, 0) is 24.3 Å². The highest BCUT2D eigenvalue weighted by Crippen LogP contribution is 2.09. The lowest BCUT2D eigenvalue weighted by Crippen LogP contribution is -2.34. The lowest BCUT2D eigenvalue weighted by Gasteiger charge is -2.04. The number of halogens is 1. The van der Waals surface area contributed by atoms with Crippen LogP contribution in [0.15, 0.2) is 24.3 Å². The summed E-state index contributed by atoms with van der Waals surface area (Å²) in [5.74, 6) is -1.10. The zero-order valence-electron chi connectivity index (χ0n) is 8.70. The molecule has 0 aromatic heterocycles. The van der Waals surface area contributed by atoms with Gasteiger partial charge in [-0.2, -0.15) is 0 Å². The predicted octanol–water partition coefficient (Wildman–Crippen LogP) is 0.672. The van der Waals surface area contributed by atoms with E-state index in [1.165, 1.54) is 24.3 Å². The van der Waals surface area contributed by atoms with Crippen LogP contribution in [0.25, 0.3) is 0 Å². The SMILES string of the molecule is NC(=O)NC(=O)c1ccc(NC(=O)CCl)cc1. The molecule has 0 unspecified atom stereocenters. The van der Waals surface area contributed by atoms with Crippen LogP contribution in [0.2, 0.25) is 0 Å². The standard InChI is InChI=1S/C10H10ClN3O3/c11-5-8(15)13-7-3-1-6(2-4-7)9(16)14-10(12)17/h1-4H,5H2,(H,13,15)(H3,12,14,16,17). The minimum atomic E-state index is -0.922.